The van der Waals surface area contributed by atoms with Crippen molar-refractivity contribution in [1.29, 1.82) is 0 Å². The number of hydrogen-bond donors (Lipinski definition) is 1. The first-order valence-corrected chi connectivity index (χ1v) is 11.0. The number of nitrogens with zero attached hydrogens (tertiary/aromatic N) is 2. The minimum Gasteiger partial charge on any atom is -0.319 e. The summed E-state index contributed by atoms with van der Waals surface area (Å²) in [4.78, 5) is 23.2. The van der Waals surface area contributed by atoms with Crippen LogP contribution in [0.5, 0.6) is 0 Å². The van der Waals surface area contributed by atoms with Crippen LogP contribution < -0.4 is 9.62 Å². The summed E-state index contributed by atoms with van der Waals surface area (Å²) in [6.45, 7) is -0.652. The molecule has 31 heavy (non-hydrogen) atoms. The van der Waals surface area contributed by atoms with E-state index in [1.807, 2.05) is 0 Å². The Morgan fingerprint density at radius 2 is 1.61 bits per heavy atom. The predicted octanol–water partition coefficient (Wildman–Crippen LogP) is 4.74. The lowest BCUT2D eigenvalue weighted by Gasteiger charge is -2.24. The van der Waals surface area contributed by atoms with Crippen molar-refractivity contribution in [3.63, 3.8) is 0 Å². The predicted molar refractivity (Wildman–Crippen MR) is 119 cm³/mol. The van der Waals surface area contributed by atoms with Crippen molar-refractivity contribution < 1.29 is 18.1 Å². The molecule has 11 heteroatoms. The zero-order chi connectivity index (χ0) is 22.6. The zero-order valence-electron chi connectivity index (χ0n) is 15.7. The maximum absolute atomic E-state index is 13.3. The van der Waals surface area contributed by atoms with Crippen molar-refractivity contribution in [2.45, 2.75) is 4.90 Å². The summed E-state index contributed by atoms with van der Waals surface area (Å²) in [5, 5.41) is 13.9. The van der Waals surface area contributed by atoms with E-state index >= 15 is 0 Å². The van der Waals surface area contributed by atoms with E-state index in [1.165, 1.54) is 54.6 Å². The minimum absolute atomic E-state index is 0.0421. The Bertz CT molecular complexity index is 1240. The lowest BCUT2D eigenvalue weighted by molar-refractivity contribution is -0.383. The van der Waals surface area contributed by atoms with Gasteiger partial charge in [0.15, 0.2) is 0 Å². The topological polar surface area (TPSA) is 110 Å². The maximum atomic E-state index is 13.3. The summed E-state index contributed by atoms with van der Waals surface area (Å²) in [5.74, 6) is -0.778. The molecule has 1 N–H and O–H groups in total. The molecule has 0 heterocycles. The maximum Gasteiger partial charge on any atom is 0.292 e. The Morgan fingerprint density at radius 3 is 2.26 bits per heavy atom. The molecule has 0 bridgehead atoms. The minimum atomic E-state index is -4.16. The van der Waals surface area contributed by atoms with Gasteiger partial charge in [-0.15, -0.1) is 0 Å². The molecule has 0 atom stereocenters. The molecule has 8 nitrogen and oxygen atoms in total. The lowest BCUT2D eigenvalue weighted by Crippen LogP contribution is -2.38. The van der Waals surface area contributed by atoms with Crippen LogP contribution >= 0.6 is 23.2 Å². The average Bonchev–Trinajstić information content (AvgIpc) is 2.75. The number of benzene rings is 3. The highest BCUT2D eigenvalue weighted by Crippen LogP contribution is 2.31. The molecule has 3 aromatic carbocycles. The summed E-state index contributed by atoms with van der Waals surface area (Å²) in [6, 6.07) is 17.2. The smallest absolute Gasteiger partial charge is 0.292 e. The number of rotatable bonds is 7. The lowest BCUT2D eigenvalue weighted by atomic mass is 10.2. The molecule has 1 amide bonds. The monoisotopic (exact) mass is 479 g/mol. The molecule has 0 saturated heterocycles. The van der Waals surface area contributed by atoms with Gasteiger partial charge in [-0.2, -0.15) is 0 Å². The van der Waals surface area contributed by atoms with Gasteiger partial charge in [-0.05, 0) is 36.4 Å². The first kappa shape index (κ1) is 22.5. The molecule has 0 radical (unpaired) electrons. The number of halogens is 2. The third-order valence-electron chi connectivity index (χ3n) is 4.18. The Labute approximate surface area is 188 Å². The number of para-hydroxylation sites is 2. The van der Waals surface area contributed by atoms with E-state index in [1.54, 1.807) is 18.2 Å². The standard InChI is InChI=1S/C20H15Cl2N3O5S/c21-16-11-10-14(12-17(16)22)24(31(29,30)15-6-2-1-3-7-15)13-20(26)23-18-8-4-5-9-19(18)25(27)28/h1-12H,13H2,(H,23,26). The molecule has 0 aliphatic heterocycles. The van der Waals surface area contributed by atoms with Crippen molar-refractivity contribution >= 4 is 56.2 Å². The number of hydrogen-bond acceptors (Lipinski definition) is 5. The number of amides is 1. The van der Waals surface area contributed by atoms with Crippen LogP contribution in [0, 0.1) is 10.1 Å². The van der Waals surface area contributed by atoms with Gasteiger partial charge in [0.05, 0.1) is 25.6 Å². The van der Waals surface area contributed by atoms with Gasteiger partial charge in [0.2, 0.25) is 5.91 Å². The Morgan fingerprint density at radius 1 is 0.968 bits per heavy atom. The quantitative estimate of drug-likeness (QED) is 0.388. The highest BCUT2D eigenvalue weighted by atomic mass is 35.5. The Hall–Kier alpha value is -3.14. The van der Waals surface area contributed by atoms with Gasteiger partial charge in [0, 0.05) is 6.07 Å². The van der Waals surface area contributed by atoms with Gasteiger partial charge in [-0.1, -0.05) is 53.5 Å². The fourth-order valence-corrected chi connectivity index (χ4v) is 4.46. The molecule has 0 aromatic heterocycles. The normalized spacial score (nSPS) is 11.0. The first-order chi connectivity index (χ1) is 14.7. The first-order valence-electron chi connectivity index (χ1n) is 8.76. The van der Waals surface area contributed by atoms with Crippen LogP contribution in [0.1, 0.15) is 0 Å². The van der Waals surface area contributed by atoms with Crippen LogP contribution in [0.4, 0.5) is 17.1 Å². The summed E-state index contributed by atoms with van der Waals surface area (Å²) < 4.78 is 27.4. The Kier molecular flexibility index (Phi) is 6.79. The van der Waals surface area contributed by atoms with Crippen molar-refractivity contribution in [2.75, 3.05) is 16.2 Å². The third-order valence-corrected chi connectivity index (χ3v) is 6.71. The number of nitro groups is 1. The molecule has 3 rings (SSSR count). The third kappa shape index (κ3) is 5.13. The van der Waals surface area contributed by atoms with E-state index in [0.29, 0.717) is 0 Å². The van der Waals surface area contributed by atoms with E-state index in [9.17, 15) is 23.3 Å². The van der Waals surface area contributed by atoms with Crippen molar-refractivity contribution in [2.24, 2.45) is 0 Å². The Balaban J connectivity index is 1.98. The van der Waals surface area contributed by atoms with Crippen LogP contribution in [0.15, 0.2) is 77.7 Å². The number of nitro benzene ring substituents is 1. The van der Waals surface area contributed by atoms with Crippen LogP contribution in [0.2, 0.25) is 10.0 Å². The van der Waals surface area contributed by atoms with E-state index < -0.39 is 27.4 Å². The number of carbonyl (C=O) groups is 1. The van der Waals surface area contributed by atoms with Crippen LogP contribution in [-0.4, -0.2) is 25.8 Å². The summed E-state index contributed by atoms with van der Waals surface area (Å²) in [6.07, 6.45) is 0. The van der Waals surface area contributed by atoms with Gasteiger partial charge in [-0.25, -0.2) is 8.42 Å². The molecular formula is C20H15Cl2N3O5S. The number of sulfonamides is 1. The van der Waals surface area contributed by atoms with Crippen LogP contribution in [-0.2, 0) is 14.8 Å². The summed E-state index contributed by atoms with van der Waals surface area (Å²) >= 11 is 12.0. The largest absolute Gasteiger partial charge is 0.319 e. The second-order valence-corrected chi connectivity index (χ2v) is 8.92. The average molecular weight is 480 g/mol. The van der Waals surface area contributed by atoms with Gasteiger partial charge in [0.25, 0.3) is 15.7 Å². The highest BCUT2D eigenvalue weighted by molar-refractivity contribution is 7.92. The van der Waals surface area contributed by atoms with Gasteiger partial charge >= 0.3 is 0 Å². The van der Waals surface area contributed by atoms with E-state index in [2.05, 4.69) is 5.32 Å². The molecule has 0 aliphatic carbocycles. The van der Waals surface area contributed by atoms with Crippen molar-refractivity contribution in [3.8, 4) is 0 Å². The molecular weight excluding hydrogens is 465 g/mol. The second kappa shape index (κ2) is 9.34. The van der Waals surface area contributed by atoms with E-state index in [4.69, 9.17) is 23.2 Å². The molecule has 0 fully saturated rings. The molecule has 0 unspecified atom stereocenters. The fourth-order valence-electron chi connectivity index (χ4n) is 2.73. The van der Waals surface area contributed by atoms with Gasteiger partial charge in [-0.3, -0.25) is 19.2 Å². The fraction of sp³-hybridized carbons (Fsp3) is 0.0500. The number of anilines is 2. The van der Waals surface area contributed by atoms with Crippen LogP contribution in [0.3, 0.4) is 0 Å². The molecule has 0 saturated carbocycles. The van der Waals surface area contributed by atoms with Crippen LogP contribution in [0.25, 0.3) is 0 Å². The molecule has 3 aromatic rings. The van der Waals surface area contributed by atoms with Crippen molar-refractivity contribution in [3.05, 3.63) is 93.0 Å². The number of nitrogens with one attached hydrogen (secondary N) is 1. The summed E-state index contributed by atoms with van der Waals surface area (Å²) in [7, 11) is -4.16. The van der Waals surface area contributed by atoms with Gasteiger partial charge < -0.3 is 5.32 Å². The molecule has 0 spiro atoms. The molecule has 160 valence electrons. The highest BCUT2D eigenvalue weighted by Gasteiger charge is 2.28. The van der Waals surface area contributed by atoms with E-state index in [0.717, 1.165) is 4.31 Å². The second-order valence-electron chi connectivity index (χ2n) is 6.25. The zero-order valence-corrected chi connectivity index (χ0v) is 18.1. The molecule has 0 aliphatic rings. The summed E-state index contributed by atoms with van der Waals surface area (Å²) in [5.41, 5.74) is -0.262. The van der Waals surface area contributed by atoms with E-state index in [-0.39, 0.29) is 32.0 Å². The van der Waals surface area contributed by atoms with Crippen molar-refractivity contribution in [1.82, 2.24) is 0 Å². The van der Waals surface area contributed by atoms with Gasteiger partial charge in [0.1, 0.15) is 12.2 Å². The number of carbonyl (C=O) groups excluding carboxylic acids is 1. The SMILES string of the molecule is O=C(CN(c1ccc(Cl)c(Cl)c1)S(=O)(=O)c1ccccc1)Nc1ccccc1[N+](=O)[O-].